The highest BCUT2D eigenvalue weighted by Crippen LogP contribution is 2.52. The van der Waals surface area contributed by atoms with Crippen LogP contribution in [-0.2, 0) is 56.1 Å². The highest BCUT2D eigenvalue weighted by atomic mass is 16.6. The number of carbonyl (C=O) groups excluding carboxylic acids is 6. The summed E-state index contributed by atoms with van der Waals surface area (Å²) in [6, 6.07) is 0. The minimum atomic E-state index is -1.17. The fourth-order valence-electron chi connectivity index (χ4n) is 16.1. The number of nitrogens with zero attached hydrogens (tertiary/aromatic N) is 2. The summed E-state index contributed by atoms with van der Waals surface area (Å²) in [5, 5.41) is 10.8. The van der Waals surface area contributed by atoms with E-state index in [-0.39, 0.29) is 98.4 Å². The van der Waals surface area contributed by atoms with Gasteiger partial charge in [0.2, 0.25) is 0 Å². The van der Waals surface area contributed by atoms with Crippen molar-refractivity contribution in [2.24, 2.45) is 78.9 Å². The number of esters is 4. The molecule has 0 radical (unpaired) electrons. The minimum absolute atomic E-state index is 0.00335. The Bertz CT molecular complexity index is 3070. The van der Waals surface area contributed by atoms with Gasteiger partial charge in [0, 0.05) is 52.1 Å². The lowest BCUT2D eigenvalue weighted by molar-refractivity contribution is -0.156. The second kappa shape index (κ2) is 30.6. The summed E-state index contributed by atoms with van der Waals surface area (Å²) in [6.45, 7) is 53.5. The number of fused-ring (bicyclic) bond motifs is 3. The van der Waals surface area contributed by atoms with Crippen molar-refractivity contribution in [2.75, 3.05) is 6.61 Å². The number of hydrogen-bond acceptors (Lipinski definition) is 11. The lowest BCUT2D eigenvalue weighted by Crippen LogP contribution is -2.49. The smallest absolute Gasteiger partial charge is 0.342 e. The Morgan fingerprint density at radius 3 is 1.61 bits per heavy atom. The molecule has 92 heavy (non-hydrogen) atoms. The molecule has 2 fully saturated rings. The Balaban J connectivity index is 2.07. The van der Waals surface area contributed by atoms with Gasteiger partial charge in [-0.2, -0.15) is 4.99 Å². The normalized spacial score (nSPS) is 24.7. The zero-order chi connectivity index (χ0) is 69.7. The van der Waals surface area contributed by atoms with Crippen molar-refractivity contribution in [1.82, 2.24) is 9.55 Å². The van der Waals surface area contributed by atoms with Crippen molar-refractivity contribution in [2.45, 2.75) is 300 Å². The number of aromatic nitrogens is 2. The van der Waals surface area contributed by atoms with Crippen LogP contribution >= 0.6 is 0 Å². The number of cyclic esters (lactones) is 1. The van der Waals surface area contributed by atoms with Gasteiger partial charge in [0.1, 0.15) is 29.0 Å². The SMILES string of the molecule is C=C(C)C(=O)OCCCC(CC)(CC)C(=O)Cc1c(C(=O)OC2C(C(C)(C)C)CC(C)CC2C(C)(C)C)c(C(C)C)c2n1COC(=O)C(CC(=O)O)CCCCC(CC)(CC)C(=O)N=c1[nH]/c(c(C(C)C)c1C(=O)OC1C(C(C)(C)C)CC(C)CC1C(C)(C)C)=C\2C. The minimum Gasteiger partial charge on any atom is -0.481 e. The molecule has 1 aliphatic heterocycles. The standard InChI is InChI=1S/C77H123N3O12/c1-26-76(27-2,35-32-36-89-67(84)46(9)10)56(81)42-55-60(69(86)91-64-51(72(14,15)16)37-47(11)38-52(64)73(17,18)19)59(45(7)8)63-49(13)62-58(44(5)6)61(70(87)92-65-53(74(20,21)22)39-48(12)40-54(65)75(23,24)25)66(78-62)79-71(88)77(28-3,29-4)34-31-30-33-50(41-57(82)83)68(85)90-43-80(55)63/h44-45,47-48,50-54,64-65H,9,26-43H2,1-8,10-25H3,(H,82,83)(H,78,79,88)/b62-49-. The molecule has 3 aliphatic rings. The maximum atomic E-state index is 16.5. The number of amides is 1. The van der Waals surface area contributed by atoms with E-state index in [0.29, 0.717) is 97.4 Å². The molecule has 2 aromatic heterocycles. The van der Waals surface area contributed by atoms with Crippen LogP contribution in [0.4, 0.5) is 0 Å². The van der Waals surface area contributed by atoms with E-state index in [1.807, 2.05) is 62.3 Å². The first-order valence-corrected chi connectivity index (χ1v) is 35.2. The number of rotatable bonds is 20. The first kappa shape index (κ1) is 77.4. The molecule has 0 saturated heterocycles. The van der Waals surface area contributed by atoms with Crippen molar-refractivity contribution >= 4 is 47.1 Å². The van der Waals surface area contributed by atoms with E-state index in [1.54, 1.807) is 11.5 Å². The van der Waals surface area contributed by atoms with Crippen molar-refractivity contribution in [3.05, 3.63) is 56.6 Å². The van der Waals surface area contributed by atoms with Crippen molar-refractivity contribution < 1.29 is 57.6 Å². The summed E-state index contributed by atoms with van der Waals surface area (Å²) in [7, 11) is 0. The second-order valence-corrected chi connectivity index (χ2v) is 33.5. The summed E-state index contributed by atoms with van der Waals surface area (Å²) < 4.78 is 28.1. The third-order valence-corrected chi connectivity index (χ3v) is 22.1. The Morgan fingerprint density at radius 2 is 1.20 bits per heavy atom. The van der Waals surface area contributed by atoms with E-state index in [1.165, 1.54) is 0 Å². The van der Waals surface area contributed by atoms with Gasteiger partial charge in [-0.05, 0) is 153 Å². The quantitative estimate of drug-likeness (QED) is 0.0549. The molecule has 0 spiro atoms. The fraction of sp³-hybridized carbons (Fsp3) is 0.766. The highest BCUT2D eigenvalue weighted by molar-refractivity contribution is 5.98. The second-order valence-electron chi connectivity index (χ2n) is 33.5. The van der Waals surface area contributed by atoms with Crippen LogP contribution in [0.15, 0.2) is 17.1 Å². The van der Waals surface area contributed by atoms with Gasteiger partial charge in [-0.15, -0.1) is 0 Å². The van der Waals surface area contributed by atoms with Crippen LogP contribution in [-0.4, -0.2) is 75.0 Å². The summed E-state index contributed by atoms with van der Waals surface area (Å²) >= 11 is 0. The van der Waals surface area contributed by atoms with Gasteiger partial charge in [-0.25, -0.2) is 14.4 Å². The van der Waals surface area contributed by atoms with E-state index in [9.17, 15) is 19.5 Å². The maximum absolute atomic E-state index is 16.5. The topological polar surface area (TPSA) is 210 Å². The first-order valence-electron chi connectivity index (χ1n) is 35.2. The van der Waals surface area contributed by atoms with Crippen LogP contribution in [0.3, 0.4) is 0 Å². The van der Waals surface area contributed by atoms with E-state index < -0.39 is 89.7 Å². The van der Waals surface area contributed by atoms with Crippen molar-refractivity contribution in [1.29, 1.82) is 0 Å². The largest absolute Gasteiger partial charge is 0.481 e. The number of aromatic amines is 1. The molecular weight excluding hydrogens is 1160 g/mol. The molecule has 2 saturated carbocycles. The summed E-state index contributed by atoms with van der Waals surface area (Å²) in [5.74, 6) is -5.50. The molecule has 15 nitrogen and oxygen atoms in total. The Kier molecular flexibility index (Phi) is 25.7. The highest BCUT2D eigenvalue weighted by Gasteiger charge is 2.51. The van der Waals surface area contributed by atoms with Crippen LogP contribution in [0.25, 0.3) is 5.57 Å². The Labute approximate surface area is 553 Å². The average molecular weight is 1280 g/mol. The number of carboxylic acid groups (broad SMARTS) is 1. The molecule has 1 amide bonds. The number of H-pyrrole nitrogens is 1. The van der Waals surface area contributed by atoms with E-state index >= 15 is 19.2 Å². The van der Waals surface area contributed by atoms with E-state index in [2.05, 4.69) is 108 Å². The van der Waals surface area contributed by atoms with Gasteiger partial charge < -0.3 is 33.6 Å². The summed E-state index contributed by atoms with van der Waals surface area (Å²) in [6.07, 6.45) is 5.44. The summed E-state index contributed by atoms with van der Waals surface area (Å²) in [4.78, 5) is 113. The number of aliphatic carboxylic acids is 1. The van der Waals surface area contributed by atoms with Crippen LogP contribution in [0.1, 0.15) is 318 Å². The zero-order valence-corrected chi connectivity index (χ0v) is 61.6. The Hall–Kier alpha value is -5.34. The lowest BCUT2D eigenvalue weighted by atomic mass is 9.59. The fourth-order valence-corrected chi connectivity index (χ4v) is 16.1. The van der Waals surface area contributed by atoms with Gasteiger partial charge >= 0.3 is 29.8 Å². The lowest BCUT2D eigenvalue weighted by Gasteiger charge is -2.50. The number of nitrogens with one attached hydrogen (secondary N) is 1. The molecule has 0 aromatic carbocycles. The number of ether oxygens (including phenoxy) is 4. The van der Waals surface area contributed by atoms with Crippen molar-refractivity contribution in [3.8, 4) is 0 Å². The van der Waals surface area contributed by atoms with Gasteiger partial charge in [0.05, 0.1) is 35.6 Å². The first-order chi connectivity index (χ1) is 42.5. The van der Waals surface area contributed by atoms with E-state index in [4.69, 9.17) is 23.9 Å². The molecule has 5 rings (SSSR count). The molecule has 2 bridgehead atoms. The molecule has 3 heterocycles. The Morgan fingerprint density at radius 1 is 0.728 bits per heavy atom. The maximum Gasteiger partial charge on any atom is 0.342 e. The molecule has 2 aromatic rings. The van der Waals surface area contributed by atoms with Crippen LogP contribution in [0.2, 0.25) is 0 Å². The third kappa shape index (κ3) is 17.6. The molecule has 5 unspecified atom stereocenters. The monoisotopic (exact) mass is 1280 g/mol. The predicted molar refractivity (Wildman–Crippen MR) is 364 cm³/mol. The number of ketones is 1. The van der Waals surface area contributed by atoms with Crippen LogP contribution in [0, 0.1) is 73.9 Å². The number of carboxylic acids is 1. The van der Waals surface area contributed by atoms with Crippen LogP contribution < -0.4 is 10.8 Å². The molecule has 5 atom stereocenters. The number of Topliss-reactive ketones (excluding diaryl/α,β-unsaturated/α-hetero) is 1. The number of hydrogen-bond donors (Lipinski definition) is 2. The molecular formula is C77H123N3O12. The predicted octanol–water partition coefficient (Wildman–Crippen LogP) is 16.8. The van der Waals surface area contributed by atoms with Gasteiger partial charge in [0.15, 0.2) is 6.73 Å². The summed E-state index contributed by atoms with van der Waals surface area (Å²) in [5.41, 5.74) is 0.00145. The van der Waals surface area contributed by atoms with Crippen molar-refractivity contribution in [3.63, 3.8) is 0 Å². The van der Waals surface area contributed by atoms with E-state index in [0.717, 1.165) is 25.7 Å². The van der Waals surface area contributed by atoms with Gasteiger partial charge in [-0.3, -0.25) is 19.2 Å². The van der Waals surface area contributed by atoms with Crippen LogP contribution in [0.5, 0.6) is 0 Å². The van der Waals surface area contributed by atoms with Gasteiger partial charge in [-0.1, -0.05) is 172 Å². The number of carbonyl (C=O) groups is 7. The van der Waals surface area contributed by atoms with Gasteiger partial charge in [0.25, 0.3) is 5.91 Å². The molecule has 2 aliphatic carbocycles. The third-order valence-electron chi connectivity index (χ3n) is 22.1. The molecule has 518 valence electrons. The average Bonchev–Trinajstić information content (AvgIpc) is 1.54. The molecule has 15 heteroatoms. The zero-order valence-electron chi connectivity index (χ0n) is 61.6. The molecule has 2 N–H and O–H groups in total.